The number of hydrogen-bond donors (Lipinski definition) is 2. The number of carbonyl (C=O) groups excluding carboxylic acids is 2. The number of benzene rings is 1. The third kappa shape index (κ3) is 6.51. The standard InChI is InChI=1S/C24H31FN4O2/c1-2-3-4-5-13-27-23(30)18-9-8-15-29(17-18)24(31)21-12-7-14-26-22(21)28-20-11-6-10-19(25)16-20/h6-7,10-12,14,16,18H,2-5,8-9,13,15,17H2,1H3,(H,26,28)(H,27,30). The average Bonchev–Trinajstić information content (AvgIpc) is 2.79. The molecule has 1 aliphatic heterocycles. The molecule has 1 aromatic heterocycles. The van der Waals surface area contributed by atoms with Gasteiger partial charge < -0.3 is 15.5 Å². The Kier molecular flexibility index (Phi) is 8.38. The molecule has 0 aliphatic carbocycles. The summed E-state index contributed by atoms with van der Waals surface area (Å²) in [6.07, 6.45) is 7.60. The molecule has 1 unspecified atom stereocenters. The number of rotatable bonds is 9. The summed E-state index contributed by atoms with van der Waals surface area (Å²) < 4.78 is 13.5. The Labute approximate surface area is 183 Å². The Morgan fingerprint density at radius 3 is 2.87 bits per heavy atom. The number of nitrogens with one attached hydrogen (secondary N) is 2. The lowest BCUT2D eigenvalue weighted by molar-refractivity contribution is -0.126. The molecule has 1 aliphatic rings. The average molecular weight is 427 g/mol. The van der Waals surface area contributed by atoms with Gasteiger partial charge in [0, 0.05) is 31.5 Å². The summed E-state index contributed by atoms with van der Waals surface area (Å²) in [6, 6.07) is 9.43. The summed E-state index contributed by atoms with van der Waals surface area (Å²) >= 11 is 0. The second-order valence-corrected chi connectivity index (χ2v) is 7.98. The van der Waals surface area contributed by atoms with Gasteiger partial charge in [-0.15, -0.1) is 0 Å². The number of piperidine rings is 1. The van der Waals surface area contributed by atoms with Gasteiger partial charge in [-0.3, -0.25) is 9.59 Å². The molecule has 1 aromatic carbocycles. The van der Waals surface area contributed by atoms with E-state index in [4.69, 9.17) is 0 Å². The molecule has 0 spiro atoms. The van der Waals surface area contributed by atoms with Gasteiger partial charge in [0.2, 0.25) is 5.91 Å². The van der Waals surface area contributed by atoms with Gasteiger partial charge in [0.25, 0.3) is 5.91 Å². The van der Waals surface area contributed by atoms with Crippen molar-refractivity contribution in [2.75, 3.05) is 25.0 Å². The van der Waals surface area contributed by atoms with Crippen molar-refractivity contribution < 1.29 is 14.0 Å². The Balaban J connectivity index is 1.62. The molecule has 2 amide bonds. The van der Waals surface area contributed by atoms with E-state index < -0.39 is 0 Å². The number of anilines is 2. The van der Waals surface area contributed by atoms with Crippen molar-refractivity contribution in [2.24, 2.45) is 5.92 Å². The van der Waals surface area contributed by atoms with Crippen molar-refractivity contribution in [3.8, 4) is 0 Å². The lowest BCUT2D eigenvalue weighted by Gasteiger charge is -2.32. The Hall–Kier alpha value is -2.96. The summed E-state index contributed by atoms with van der Waals surface area (Å²) in [5.41, 5.74) is 0.930. The van der Waals surface area contributed by atoms with Crippen LogP contribution in [-0.4, -0.2) is 41.3 Å². The Morgan fingerprint density at radius 2 is 2.06 bits per heavy atom. The number of carbonyl (C=O) groups is 2. The molecule has 2 heterocycles. The first-order chi connectivity index (χ1) is 15.1. The maximum atomic E-state index is 13.5. The van der Waals surface area contributed by atoms with Crippen molar-refractivity contribution in [3.63, 3.8) is 0 Å². The molecule has 166 valence electrons. The number of likely N-dealkylation sites (tertiary alicyclic amines) is 1. The van der Waals surface area contributed by atoms with Gasteiger partial charge in [0.1, 0.15) is 11.6 Å². The van der Waals surface area contributed by atoms with Gasteiger partial charge in [0.05, 0.1) is 11.5 Å². The number of aromatic nitrogens is 1. The van der Waals surface area contributed by atoms with Gasteiger partial charge >= 0.3 is 0 Å². The van der Waals surface area contributed by atoms with E-state index in [2.05, 4.69) is 22.5 Å². The maximum absolute atomic E-state index is 13.5. The summed E-state index contributed by atoms with van der Waals surface area (Å²) in [5.74, 6) is -0.333. The summed E-state index contributed by atoms with van der Waals surface area (Å²) in [6.45, 7) is 3.85. The first-order valence-corrected chi connectivity index (χ1v) is 11.1. The molecular weight excluding hydrogens is 395 g/mol. The topological polar surface area (TPSA) is 74.3 Å². The van der Waals surface area contributed by atoms with E-state index in [-0.39, 0.29) is 23.5 Å². The second-order valence-electron chi connectivity index (χ2n) is 7.98. The van der Waals surface area contributed by atoms with E-state index in [1.807, 2.05) is 0 Å². The first kappa shape index (κ1) is 22.7. The van der Waals surface area contributed by atoms with Crippen molar-refractivity contribution >= 4 is 23.3 Å². The van der Waals surface area contributed by atoms with E-state index in [1.165, 1.54) is 18.6 Å². The number of pyridine rings is 1. The lowest BCUT2D eigenvalue weighted by Crippen LogP contribution is -2.45. The maximum Gasteiger partial charge on any atom is 0.257 e. The van der Waals surface area contributed by atoms with Crippen molar-refractivity contribution in [3.05, 3.63) is 54.0 Å². The van der Waals surface area contributed by atoms with Crippen LogP contribution in [-0.2, 0) is 4.79 Å². The van der Waals surface area contributed by atoms with Crippen molar-refractivity contribution in [1.82, 2.24) is 15.2 Å². The number of nitrogens with zero attached hydrogens (tertiary/aromatic N) is 2. The van der Waals surface area contributed by atoms with Gasteiger partial charge in [-0.05, 0) is 49.6 Å². The molecule has 7 heteroatoms. The van der Waals surface area contributed by atoms with E-state index in [9.17, 15) is 14.0 Å². The molecule has 31 heavy (non-hydrogen) atoms. The zero-order valence-corrected chi connectivity index (χ0v) is 18.1. The molecule has 6 nitrogen and oxygen atoms in total. The van der Waals surface area contributed by atoms with Crippen LogP contribution in [0, 0.1) is 11.7 Å². The van der Waals surface area contributed by atoms with Crippen LogP contribution in [0.1, 0.15) is 55.8 Å². The second kappa shape index (κ2) is 11.4. The normalized spacial score (nSPS) is 16.1. The van der Waals surface area contributed by atoms with Crippen LogP contribution in [0.4, 0.5) is 15.9 Å². The summed E-state index contributed by atoms with van der Waals surface area (Å²) in [4.78, 5) is 31.8. The van der Waals surface area contributed by atoms with Crippen LogP contribution in [0.25, 0.3) is 0 Å². The Bertz CT molecular complexity index is 889. The zero-order chi connectivity index (χ0) is 22.1. The monoisotopic (exact) mass is 426 g/mol. The molecular formula is C24H31FN4O2. The molecule has 2 N–H and O–H groups in total. The summed E-state index contributed by atoms with van der Waals surface area (Å²) in [7, 11) is 0. The van der Waals surface area contributed by atoms with Gasteiger partial charge in [0.15, 0.2) is 0 Å². The number of hydrogen-bond acceptors (Lipinski definition) is 4. The van der Waals surface area contributed by atoms with E-state index >= 15 is 0 Å². The predicted molar refractivity (Wildman–Crippen MR) is 120 cm³/mol. The minimum absolute atomic E-state index is 0.0262. The van der Waals surface area contributed by atoms with Crippen molar-refractivity contribution in [2.45, 2.75) is 45.4 Å². The highest BCUT2D eigenvalue weighted by Crippen LogP contribution is 2.24. The van der Waals surface area contributed by atoms with Crippen LogP contribution < -0.4 is 10.6 Å². The van der Waals surface area contributed by atoms with E-state index in [1.54, 1.807) is 35.4 Å². The molecule has 0 bridgehead atoms. The molecule has 1 saturated heterocycles. The number of amides is 2. The van der Waals surface area contributed by atoms with Crippen LogP contribution in [0.5, 0.6) is 0 Å². The quantitative estimate of drug-likeness (QED) is 0.579. The van der Waals surface area contributed by atoms with E-state index in [0.29, 0.717) is 36.7 Å². The zero-order valence-electron chi connectivity index (χ0n) is 18.1. The molecule has 3 rings (SSSR count). The minimum Gasteiger partial charge on any atom is -0.356 e. The van der Waals surface area contributed by atoms with Crippen LogP contribution >= 0.6 is 0 Å². The SMILES string of the molecule is CCCCCCNC(=O)C1CCCN(C(=O)c2cccnc2Nc2cccc(F)c2)C1. The molecule has 1 fully saturated rings. The molecule has 0 saturated carbocycles. The highest BCUT2D eigenvalue weighted by molar-refractivity contribution is 5.99. The lowest BCUT2D eigenvalue weighted by atomic mass is 9.96. The van der Waals surface area contributed by atoms with Gasteiger partial charge in [-0.1, -0.05) is 32.3 Å². The predicted octanol–water partition coefficient (Wildman–Crippen LogP) is 4.51. The van der Waals surface area contributed by atoms with Crippen molar-refractivity contribution in [1.29, 1.82) is 0 Å². The van der Waals surface area contributed by atoms with Gasteiger partial charge in [-0.25, -0.2) is 9.37 Å². The minimum atomic E-state index is -0.367. The number of halogens is 1. The van der Waals surface area contributed by atoms with Crippen LogP contribution in [0.3, 0.4) is 0 Å². The van der Waals surface area contributed by atoms with E-state index in [0.717, 1.165) is 32.1 Å². The van der Waals surface area contributed by atoms with Crippen LogP contribution in [0.2, 0.25) is 0 Å². The largest absolute Gasteiger partial charge is 0.356 e. The van der Waals surface area contributed by atoms with Gasteiger partial charge in [-0.2, -0.15) is 0 Å². The van der Waals surface area contributed by atoms with Crippen LogP contribution in [0.15, 0.2) is 42.6 Å². The molecule has 0 radical (unpaired) electrons. The highest BCUT2D eigenvalue weighted by atomic mass is 19.1. The third-order valence-corrected chi connectivity index (χ3v) is 5.53. The summed E-state index contributed by atoms with van der Waals surface area (Å²) in [5, 5.41) is 6.06. The fourth-order valence-corrected chi connectivity index (χ4v) is 3.83. The smallest absolute Gasteiger partial charge is 0.257 e. The number of unbranched alkanes of at least 4 members (excludes halogenated alkanes) is 3. The molecule has 2 aromatic rings. The third-order valence-electron chi connectivity index (χ3n) is 5.53. The Morgan fingerprint density at radius 1 is 1.19 bits per heavy atom. The first-order valence-electron chi connectivity index (χ1n) is 11.1. The highest BCUT2D eigenvalue weighted by Gasteiger charge is 2.29. The molecule has 1 atom stereocenters. The fourth-order valence-electron chi connectivity index (χ4n) is 3.83. The fraction of sp³-hybridized carbons (Fsp3) is 0.458.